The molecule has 2 heterocycles. The second-order valence-corrected chi connectivity index (χ2v) is 7.42. The fraction of sp³-hybridized carbons (Fsp3) is 0.211. The molecule has 7 nitrogen and oxygen atoms in total. The van der Waals surface area contributed by atoms with E-state index in [9.17, 15) is 14.4 Å². The maximum absolute atomic E-state index is 12.9. The Kier molecular flexibility index (Phi) is 4.15. The zero-order chi connectivity index (χ0) is 19.2. The average Bonchev–Trinajstić information content (AvgIpc) is 3.12. The van der Waals surface area contributed by atoms with Crippen LogP contribution in [0.15, 0.2) is 46.9 Å². The molecule has 8 heteroatoms. The molecule has 2 aromatic rings. The molecule has 4 rings (SSSR count). The minimum Gasteiger partial charge on any atom is -0.497 e. The number of nitrogens with one attached hydrogen (secondary N) is 2. The first kappa shape index (κ1) is 17.5. The summed E-state index contributed by atoms with van der Waals surface area (Å²) < 4.78 is 6.04. The van der Waals surface area contributed by atoms with Gasteiger partial charge in [0.1, 0.15) is 5.75 Å². The van der Waals surface area contributed by atoms with Crippen molar-refractivity contribution in [1.82, 2.24) is 15.5 Å². The molecule has 2 N–H and O–H groups in total. The van der Waals surface area contributed by atoms with Gasteiger partial charge in [0.25, 0.3) is 11.8 Å². The zero-order valence-electron chi connectivity index (χ0n) is 14.4. The predicted molar refractivity (Wildman–Crippen MR) is 100 cm³/mol. The summed E-state index contributed by atoms with van der Waals surface area (Å²) in [6.07, 6.45) is 0. The molecule has 0 saturated carbocycles. The van der Waals surface area contributed by atoms with E-state index >= 15 is 0 Å². The van der Waals surface area contributed by atoms with E-state index in [1.165, 1.54) is 0 Å². The molecule has 0 aliphatic carbocycles. The van der Waals surface area contributed by atoms with Gasteiger partial charge in [-0.3, -0.25) is 14.9 Å². The van der Waals surface area contributed by atoms with Gasteiger partial charge in [0, 0.05) is 16.6 Å². The number of carbonyl (C=O) groups is 3. The maximum Gasteiger partial charge on any atom is 0.322 e. The SMILES string of the molecule is COc1ccc2c(c1)C(=O)N(CC1(c3ccc(Br)cc3)NC(=O)NC1=O)C2. The fourth-order valence-electron chi connectivity index (χ4n) is 3.51. The van der Waals surface area contributed by atoms with Crippen molar-refractivity contribution in [3.8, 4) is 5.75 Å². The van der Waals surface area contributed by atoms with Crippen molar-refractivity contribution in [2.45, 2.75) is 12.1 Å². The molecule has 4 amide bonds. The predicted octanol–water partition coefficient (Wildman–Crippen LogP) is 2.15. The number of imide groups is 1. The highest BCUT2D eigenvalue weighted by Crippen LogP contribution is 2.32. The molecule has 0 aromatic heterocycles. The topological polar surface area (TPSA) is 87.7 Å². The highest BCUT2D eigenvalue weighted by Gasteiger charge is 2.50. The van der Waals surface area contributed by atoms with E-state index in [4.69, 9.17) is 4.74 Å². The number of rotatable bonds is 4. The van der Waals surface area contributed by atoms with E-state index in [1.54, 1.807) is 48.4 Å². The van der Waals surface area contributed by atoms with Crippen LogP contribution >= 0.6 is 15.9 Å². The quantitative estimate of drug-likeness (QED) is 0.728. The van der Waals surface area contributed by atoms with Crippen LogP contribution in [0, 0.1) is 0 Å². The Hall–Kier alpha value is -2.87. The van der Waals surface area contributed by atoms with Crippen LogP contribution in [0.5, 0.6) is 5.75 Å². The summed E-state index contributed by atoms with van der Waals surface area (Å²) in [4.78, 5) is 39.0. The lowest BCUT2D eigenvalue weighted by molar-refractivity contribution is -0.124. The highest BCUT2D eigenvalue weighted by molar-refractivity contribution is 9.10. The molecule has 2 aromatic carbocycles. The van der Waals surface area contributed by atoms with E-state index in [2.05, 4.69) is 26.6 Å². The van der Waals surface area contributed by atoms with Gasteiger partial charge in [0.15, 0.2) is 5.54 Å². The van der Waals surface area contributed by atoms with Crippen LogP contribution in [-0.4, -0.2) is 36.4 Å². The van der Waals surface area contributed by atoms with Gasteiger partial charge in [-0.15, -0.1) is 0 Å². The van der Waals surface area contributed by atoms with E-state index in [-0.39, 0.29) is 12.5 Å². The molecule has 2 aliphatic rings. The number of fused-ring (bicyclic) bond motifs is 1. The molecule has 0 radical (unpaired) electrons. The number of carbonyl (C=O) groups excluding carboxylic acids is 3. The van der Waals surface area contributed by atoms with Crippen LogP contribution in [0.25, 0.3) is 0 Å². The minimum atomic E-state index is -1.33. The van der Waals surface area contributed by atoms with Crippen molar-refractivity contribution in [2.24, 2.45) is 0 Å². The standard InChI is InChI=1S/C19H16BrN3O4/c1-27-14-7-2-11-9-23(16(24)15(11)8-14)10-19(17(25)21-18(26)22-19)12-3-5-13(20)6-4-12/h2-8H,9-10H2,1H3,(H2,21,22,25,26). The normalized spacial score (nSPS) is 21.1. The highest BCUT2D eigenvalue weighted by atomic mass is 79.9. The van der Waals surface area contributed by atoms with Crippen LogP contribution < -0.4 is 15.4 Å². The number of benzene rings is 2. The Morgan fingerprint density at radius 2 is 1.89 bits per heavy atom. The molecule has 1 saturated heterocycles. The fourth-order valence-corrected chi connectivity index (χ4v) is 3.78. The number of hydrogen-bond acceptors (Lipinski definition) is 4. The van der Waals surface area contributed by atoms with Gasteiger partial charge in [-0.1, -0.05) is 34.1 Å². The molecular formula is C19H16BrN3O4. The van der Waals surface area contributed by atoms with E-state index in [1.807, 2.05) is 6.07 Å². The van der Waals surface area contributed by atoms with Crippen LogP contribution in [0.1, 0.15) is 21.5 Å². The van der Waals surface area contributed by atoms with Crippen LogP contribution in [-0.2, 0) is 16.9 Å². The van der Waals surface area contributed by atoms with Crippen LogP contribution in [0.3, 0.4) is 0 Å². The number of amides is 4. The van der Waals surface area contributed by atoms with E-state index in [0.29, 0.717) is 23.4 Å². The molecular weight excluding hydrogens is 414 g/mol. The second-order valence-electron chi connectivity index (χ2n) is 6.50. The van der Waals surface area contributed by atoms with Gasteiger partial charge in [0.05, 0.1) is 13.7 Å². The molecule has 1 atom stereocenters. The van der Waals surface area contributed by atoms with Gasteiger partial charge in [-0.2, -0.15) is 0 Å². The van der Waals surface area contributed by atoms with Gasteiger partial charge < -0.3 is 15.0 Å². The van der Waals surface area contributed by atoms with E-state index in [0.717, 1.165) is 10.0 Å². The summed E-state index contributed by atoms with van der Waals surface area (Å²) in [7, 11) is 1.54. The summed E-state index contributed by atoms with van der Waals surface area (Å²) in [6, 6.07) is 11.8. The van der Waals surface area contributed by atoms with Crippen molar-refractivity contribution in [3.05, 3.63) is 63.6 Å². The third-order valence-corrected chi connectivity index (χ3v) is 5.43. The van der Waals surface area contributed by atoms with Gasteiger partial charge in [-0.05, 0) is 35.4 Å². The Morgan fingerprint density at radius 1 is 1.15 bits per heavy atom. The molecule has 1 fully saturated rings. The van der Waals surface area contributed by atoms with Crippen LogP contribution in [0.2, 0.25) is 0 Å². The summed E-state index contributed by atoms with van der Waals surface area (Å²) in [5.74, 6) is -0.0796. The maximum atomic E-state index is 12.9. The number of ether oxygens (including phenoxy) is 1. The van der Waals surface area contributed by atoms with Gasteiger partial charge >= 0.3 is 6.03 Å². The molecule has 0 spiro atoms. The average molecular weight is 430 g/mol. The van der Waals surface area contributed by atoms with Crippen molar-refractivity contribution in [2.75, 3.05) is 13.7 Å². The summed E-state index contributed by atoms with van der Waals surface area (Å²) >= 11 is 3.37. The lowest BCUT2D eigenvalue weighted by Gasteiger charge is -2.31. The smallest absolute Gasteiger partial charge is 0.322 e. The Morgan fingerprint density at radius 3 is 2.52 bits per heavy atom. The van der Waals surface area contributed by atoms with Crippen molar-refractivity contribution in [1.29, 1.82) is 0 Å². The Labute approximate surface area is 163 Å². The summed E-state index contributed by atoms with van der Waals surface area (Å²) in [5.41, 5.74) is 0.677. The number of methoxy groups -OCH3 is 1. The molecule has 0 bridgehead atoms. The van der Waals surface area contributed by atoms with Crippen molar-refractivity contribution < 1.29 is 19.1 Å². The zero-order valence-corrected chi connectivity index (χ0v) is 16.0. The molecule has 1 unspecified atom stereocenters. The number of hydrogen-bond donors (Lipinski definition) is 2. The number of urea groups is 1. The van der Waals surface area contributed by atoms with Crippen molar-refractivity contribution >= 4 is 33.8 Å². The third kappa shape index (κ3) is 2.86. The first-order valence-electron chi connectivity index (χ1n) is 8.29. The first-order chi connectivity index (χ1) is 12.9. The Balaban J connectivity index is 1.69. The number of nitrogens with zero attached hydrogens (tertiary/aromatic N) is 1. The van der Waals surface area contributed by atoms with Crippen LogP contribution in [0.4, 0.5) is 4.79 Å². The molecule has 138 valence electrons. The number of halogens is 1. The monoisotopic (exact) mass is 429 g/mol. The summed E-state index contributed by atoms with van der Waals surface area (Å²) in [5, 5.41) is 5.01. The second kappa shape index (κ2) is 6.38. The Bertz CT molecular complexity index is 960. The molecule has 2 aliphatic heterocycles. The molecule has 27 heavy (non-hydrogen) atoms. The summed E-state index contributed by atoms with van der Waals surface area (Å²) in [6.45, 7) is 0.390. The van der Waals surface area contributed by atoms with Crippen molar-refractivity contribution in [3.63, 3.8) is 0 Å². The first-order valence-corrected chi connectivity index (χ1v) is 9.08. The third-order valence-electron chi connectivity index (χ3n) is 4.90. The lowest BCUT2D eigenvalue weighted by atomic mass is 9.89. The lowest BCUT2D eigenvalue weighted by Crippen LogP contribution is -2.52. The van der Waals surface area contributed by atoms with E-state index < -0.39 is 17.5 Å². The van der Waals surface area contributed by atoms with Gasteiger partial charge in [0.2, 0.25) is 0 Å². The van der Waals surface area contributed by atoms with Gasteiger partial charge in [-0.25, -0.2) is 4.79 Å². The largest absolute Gasteiger partial charge is 0.497 e. The minimum absolute atomic E-state index is 0.0298.